The highest BCUT2D eigenvalue weighted by Crippen LogP contribution is 2.32. The summed E-state index contributed by atoms with van der Waals surface area (Å²) in [6.45, 7) is 0. The van der Waals surface area contributed by atoms with Crippen molar-refractivity contribution < 1.29 is 9.90 Å². The van der Waals surface area contributed by atoms with Gasteiger partial charge in [-0.1, -0.05) is 60.7 Å². The summed E-state index contributed by atoms with van der Waals surface area (Å²) >= 11 is 0. The zero-order valence-corrected chi connectivity index (χ0v) is 16.2. The van der Waals surface area contributed by atoms with E-state index in [0.717, 1.165) is 22.1 Å². The maximum atomic E-state index is 10.6. The van der Waals surface area contributed by atoms with E-state index >= 15 is 0 Å². The van der Waals surface area contributed by atoms with Crippen molar-refractivity contribution in [1.29, 1.82) is 0 Å². The van der Waals surface area contributed by atoms with Gasteiger partial charge in [0.2, 0.25) is 0 Å². The lowest BCUT2D eigenvalue weighted by Gasteiger charge is -2.06. The highest BCUT2D eigenvalue weighted by atomic mass is 16.3. The molecule has 0 amide bonds. The minimum absolute atomic E-state index is 0.140. The van der Waals surface area contributed by atoms with Gasteiger partial charge in [-0.15, -0.1) is 0 Å². The number of carbonyl (C=O) groups excluding carboxylic acids is 1. The second-order valence-electron chi connectivity index (χ2n) is 6.09. The van der Waals surface area contributed by atoms with E-state index in [4.69, 9.17) is 11.5 Å². The summed E-state index contributed by atoms with van der Waals surface area (Å²) in [7, 11) is 1.91. The van der Waals surface area contributed by atoms with Gasteiger partial charge in [0.05, 0.1) is 11.3 Å². The smallest absolute Gasteiger partial charge is 0.153 e. The molecule has 29 heavy (non-hydrogen) atoms. The van der Waals surface area contributed by atoms with Gasteiger partial charge >= 0.3 is 0 Å². The predicted octanol–water partition coefficient (Wildman–Crippen LogP) is 4.94. The zero-order valence-electron chi connectivity index (χ0n) is 16.2. The molecule has 0 aliphatic heterocycles. The van der Waals surface area contributed by atoms with E-state index in [1.165, 1.54) is 0 Å². The Kier molecular flexibility index (Phi) is 8.08. The lowest BCUT2D eigenvalue weighted by atomic mass is 10.0. The van der Waals surface area contributed by atoms with Crippen LogP contribution in [0.25, 0.3) is 10.8 Å². The molecule has 5 nitrogen and oxygen atoms in total. The molecule has 6 N–H and O–H groups in total. The molecule has 5 heteroatoms. The van der Waals surface area contributed by atoms with Gasteiger partial charge in [-0.2, -0.15) is 0 Å². The average molecular weight is 387 g/mol. The number of aldehydes is 1. The molecule has 4 aromatic carbocycles. The Morgan fingerprint density at radius 1 is 0.828 bits per heavy atom. The highest BCUT2D eigenvalue weighted by molar-refractivity contribution is 6.01. The third-order valence-corrected chi connectivity index (χ3v) is 4.08. The topological polar surface area (TPSA) is 101 Å². The maximum Gasteiger partial charge on any atom is 0.153 e. The van der Waals surface area contributed by atoms with Gasteiger partial charge in [-0.05, 0) is 35.7 Å². The van der Waals surface area contributed by atoms with E-state index in [1.54, 1.807) is 12.1 Å². The number of hydrogen-bond donors (Lipinski definition) is 4. The van der Waals surface area contributed by atoms with Gasteiger partial charge in [-0.3, -0.25) is 4.79 Å². The number of phenolic OH excluding ortho intramolecular Hbond substituents is 1. The van der Waals surface area contributed by atoms with Crippen molar-refractivity contribution in [2.75, 3.05) is 23.8 Å². The van der Waals surface area contributed by atoms with E-state index < -0.39 is 0 Å². The summed E-state index contributed by atoms with van der Waals surface area (Å²) in [4.78, 5) is 10.6. The number of hydrogen-bond acceptors (Lipinski definition) is 5. The Morgan fingerprint density at radius 3 is 1.86 bits per heavy atom. The molecule has 0 heterocycles. The molecule has 0 saturated carbocycles. The summed E-state index contributed by atoms with van der Waals surface area (Å²) in [5.41, 5.74) is 13.5. The summed E-state index contributed by atoms with van der Waals surface area (Å²) in [5, 5.41) is 14.2. The van der Waals surface area contributed by atoms with Crippen LogP contribution in [0.5, 0.6) is 5.75 Å². The number of aromatic hydroxyl groups is 1. The molecule has 4 rings (SSSR count). The number of fused-ring (bicyclic) bond motifs is 1. The first-order valence-corrected chi connectivity index (χ1v) is 9.05. The third-order valence-electron chi connectivity index (χ3n) is 4.08. The van der Waals surface area contributed by atoms with Gasteiger partial charge in [0, 0.05) is 23.8 Å². The van der Waals surface area contributed by atoms with Crippen LogP contribution in [0, 0.1) is 0 Å². The fourth-order valence-electron chi connectivity index (χ4n) is 2.53. The minimum Gasteiger partial charge on any atom is -0.505 e. The average Bonchev–Trinajstić information content (AvgIpc) is 2.78. The molecule has 0 spiro atoms. The number of nitrogens with two attached hydrogens (primary N) is 2. The van der Waals surface area contributed by atoms with Crippen LogP contribution in [0.2, 0.25) is 0 Å². The van der Waals surface area contributed by atoms with E-state index in [0.29, 0.717) is 6.29 Å². The van der Waals surface area contributed by atoms with Crippen LogP contribution in [0.15, 0.2) is 91.0 Å². The number of nitrogens with one attached hydrogen (secondary N) is 1. The second-order valence-corrected chi connectivity index (χ2v) is 6.09. The Hall–Kier alpha value is -3.99. The summed E-state index contributed by atoms with van der Waals surface area (Å²) < 4.78 is 0. The number of benzene rings is 4. The fourth-order valence-corrected chi connectivity index (χ4v) is 2.53. The van der Waals surface area contributed by atoms with Gasteiger partial charge in [0.1, 0.15) is 5.75 Å². The van der Waals surface area contributed by atoms with Crippen molar-refractivity contribution in [3.63, 3.8) is 0 Å². The number of rotatable bonds is 2. The van der Waals surface area contributed by atoms with Crippen LogP contribution in [0.3, 0.4) is 0 Å². The van der Waals surface area contributed by atoms with Crippen LogP contribution in [-0.2, 0) is 0 Å². The number of carbonyl (C=O) groups is 1. The molecule has 4 aromatic rings. The second kappa shape index (κ2) is 11.0. The van der Waals surface area contributed by atoms with Crippen molar-refractivity contribution in [2.45, 2.75) is 0 Å². The monoisotopic (exact) mass is 387 g/mol. The van der Waals surface area contributed by atoms with E-state index in [2.05, 4.69) is 5.32 Å². The van der Waals surface area contributed by atoms with Crippen molar-refractivity contribution in [3.8, 4) is 5.75 Å². The molecular formula is C24H25N3O2. The highest BCUT2D eigenvalue weighted by Gasteiger charge is 2.08. The van der Waals surface area contributed by atoms with Gasteiger partial charge in [0.25, 0.3) is 0 Å². The molecule has 0 unspecified atom stereocenters. The largest absolute Gasteiger partial charge is 0.505 e. The number of nitrogen functional groups attached to an aromatic ring is 2. The van der Waals surface area contributed by atoms with Crippen LogP contribution in [-0.4, -0.2) is 18.4 Å². The summed E-state index contributed by atoms with van der Waals surface area (Å²) in [5.74, 6) is -0.140. The van der Waals surface area contributed by atoms with Crippen molar-refractivity contribution in [2.24, 2.45) is 0 Å². The molecule has 0 fully saturated rings. The first kappa shape index (κ1) is 21.3. The number of para-hydroxylation sites is 2. The maximum absolute atomic E-state index is 10.6. The molecule has 0 aliphatic rings. The van der Waals surface area contributed by atoms with E-state index in [1.807, 2.05) is 85.9 Å². The molecule has 148 valence electrons. The normalized spacial score (nSPS) is 9.41. The van der Waals surface area contributed by atoms with Crippen LogP contribution in [0.4, 0.5) is 17.1 Å². The van der Waals surface area contributed by atoms with Gasteiger partial charge < -0.3 is 21.9 Å². The number of phenols is 1. The predicted molar refractivity (Wildman–Crippen MR) is 122 cm³/mol. The van der Waals surface area contributed by atoms with Crippen molar-refractivity contribution in [3.05, 3.63) is 96.6 Å². The first-order chi connectivity index (χ1) is 14.1. The minimum atomic E-state index is -0.140. The molecular weight excluding hydrogens is 362 g/mol. The van der Waals surface area contributed by atoms with Crippen LogP contribution < -0.4 is 16.8 Å². The van der Waals surface area contributed by atoms with E-state index in [-0.39, 0.29) is 17.0 Å². The quantitative estimate of drug-likeness (QED) is 0.222. The lowest BCUT2D eigenvalue weighted by molar-refractivity contribution is 0.112. The molecule has 0 atom stereocenters. The molecule has 0 aromatic heterocycles. The summed E-state index contributed by atoms with van der Waals surface area (Å²) in [6.07, 6.45) is 0.595. The van der Waals surface area contributed by atoms with Crippen LogP contribution in [0.1, 0.15) is 10.4 Å². The van der Waals surface area contributed by atoms with Crippen LogP contribution >= 0.6 is 0 Å². The Balaban J connectivity index is 0.000000170. The van der Waals surface area contributed by atoms with E-state index in [9.17, 15) is 9.90 Å². The third kappa shape index (κ3) is 6.29. The summed E-state index contributed by atoms with van der Waals surface area (Å²) in [6, 6.07) is 28.5. The zero-order chi connectivity index (χ0) is 21.1. The molecule has 0 aliphatic carbocycles. The van der Waals surface area contributed by atoms with Gasteiger partial charge in [0.15, 0.2) is 6.29 Å². The fraction of sp³-hybridized carbons (Fsp3) is 0.0417. The van der Waals surface area contributed by atoms with Crippen molar-refractivity contribution in [1.82, 2.24) is 0 Å². The molecule has 0 bridgehead atoms. The lowest BCUT2D eigenvalue weighted by Crippen LogP contribution is -1.92. The molecule has 0 saturated heterocycles. The SMILES string of the molecule is CNc1ccccc1.Nc1c(O)c(C=O)cc2ccccc12.Nc1ccccc1. The Labute approximate surface area is 170 Å². The Morgan fingerprint density at radius 2 is 1.38 bits per heavy atom. The Bertz CT molecular complexity index is 1040. The van der Waals surface area contributed by atoms with Crippen molar-refractivity contribution >= 4 is 34.1 Å². The number of anilines is 3. The molecule has 0 radical (unpaired) electrons. The van der Waals surface area contributed by atoms with Gasteiger partial charge in [-0.25, -0.2) is 0 Å². The first-order valence-electron chi connectivity index (χ1n) is 9.05. The standard InChI is InChI=1S/C11H9NO2.C7H9N.C6H7N/c12-10-9-4-2-1-3-7(9)5-8(6-13)11(10)14;1-8-7-5-3-2-4-6-7;7-6-4-2-1-3-5-6/h1-6,14H,12H2;2-6,8H,1H3;1-5H,7H2.